The van der Waals surface area contributed by atoms with Gasteiger partial charge in [0.25, 0.3) is 5.91 Å². The van der Waals surface area contributed by atoms with Crippen molar-refractivity contribution in [2.45, 2.75) is 32.4 Å². The molecule has 0 aromatic heterocycles. The van der Waals surface area contributed by atoms with Crippen LogP contribution in [0, 0.1) is 0 Å². The van der Waals surface area contributed by atoms with Gasteiger partial charge in [-0.05, 0) is 44.0 Å². The minimum Gasteiger partial charge on any atom is -0.480 e. The van der Waals surface area contributed by atoms with Gasteiger partial charge in [0.2, 0.25) is 10.0 Å². The predicted molar refractivity (Wildman–Crippen MR) is 81.5 cm³/mol. The molecule has 22 heavy (non-hydrogen) atoms. The van der Waals surface area contributed by atoms with Crippen molar-refractivity contribution in [1.29, 1.82) is 0 Å². The molecule has 1 aliphatic heterocycles. The zero-order valence-electron chi connectivity index (χ0n) is 12.5. The number of hydrogen-bond acceptors (Lipinski definition) is 4. The summed E-state index contributed by atoms with van der Waals surface area (Å²) in [6.07, 6.45) is 1.66. The van der Waals surface area contributed by atoms with E-state index < -0.39 is 27.9 Å². The van der Waals surface area contributed by atoms with Crippen LogP contribution in [0.4, 0.5) is 5.69 Å². The third kappa shape index (κ3) is 3.06. The highest BCUT2D eigenvalue weighted by Crippen LogP contribution is 2.34. The Morgan fingerprint density at radius 2 is 2.05 bits per heavy atom. The normalized spacial score (nSPS) is 18.7. The average molecular weight is 326 g/mol. The average Bonchev–Trinajstić information content (AvgIpc) is 2.72. The maximum absolute atomic E-state index is 12.0. The number of fused-ring (bicyclic) bond motifs is 1. The number of hydrogen-bond donors (Lipinski definition) is 2. The Labute approximate surface area is 129 Å². The third-order valence-corrected chi connectivity index (χ3v) is 4.84. The Balaban J connectivity index is 2.29. The highest BCUT2D eigenvalue weighted by atomic mass is 32.2. The Morgan fingerprint density at radius 1 is 1.41 bits per heavy atom. The molecule has 1 amide bonds. The maximum atomic E-state index is 12.0. The fourth-order valence-corrected chi connectivity index (χ4v) is 3.85. The van der Waals surface area contributed by atoms with Gasteiger partial charge in [0.1, 0.15) is 6.04 Å². The Bertz CT molecular complexity index is 729. The number of carboxylic acids is 1. The SMILES string of the molecule is C[C@H](NC(=O)c1ccc2c(c1)C[C@H](C)N2S(C)(=O)=O)C(=O)O. The molecule has 1 aliphatic rings. The molecule has 8 heteroatoms. The smallest absolute Gasteiger partial charge is 0.325 e. The van der Waals surface area contributed by atoms with Crippen molar-refractivity contribution in [3.05, 3.63) is 29.3 Å². The molecular formula is C14H18N2O5S. The number of carbonyl (C=O) groups excluding carboxylic acids is 1. The molecule has 120 valence electrons. The highest BCUT2D eigenvalue weighted by molar-refractivity contribution is 7.92. The van der Waals surface area contributed by atoms with E-state index >= 15 is 0 Å². The van der Waals surface area contributed by atoms with Gasteiger partial charge in [-0.1, -0.05) is 0 Å². The van der Waals surface area contributed by atoms with Crippen LogP contribution in [0.5, 0.6) is 0 Å². The standard InChI is InChI=1S/C14H18N2O5S/c1-8-6-11-7-10(13(17)15-9(2)14(18)19)4-5-12(11)16(8)22(3,20)21/h4-5,7-9H,6H2,1-3H3,(H,15,17)(H,18,19)/t8-,9-/m0/s1. The molecule has 7 nitrogen and oxygen atoms in total. The van der Waals surface area contributed by atoms with Crippen LogP contribution >= 0.6 is 0 Å². The van der Waals surface area contributed by atoms with E-state index in [4.69, 9.17) is 5.11 Å². The van der Waals surface area contributed by atoms with Crippen LogP contribution in [-0.4, -0.2) is 43.7 Å². The van der Waals surface area contributed by atoms with Crippen molar-refractivity contribution in [1.82, 2.24) is 5.32 Å². The van der Waals surface area contributed by atoms with E-state index in [1.54, 1.807) is 19.1 Å². The number of aliphatic carboxylic acids is 1. The minimum absolute atomic E-state index is 0.207. The van der Waals surface area contributed by atoms with E-state index in [1.165, 1.54) is 17.3 Å². The summed E-state index contributed by atoms with van der Waals surface area (Å²) in [7, 11) is -3.37. The number of carbonyl (C=O) groups is 2. The van der Waals surface area contributed by atoms with Crippen LogP contribution in [0.15, 0.2) is 18.2 Å². The molecule has 0 radical (unpaired) electrons. The summed E-state index contributed by atoms with van der Waals surface area (Å²) in [5, 5.41) is 11.2. The van der Waals surface area contributed by atoms with Gasteiger partial charge in [-0.25, -0.2) is 8.42 Å². The number of nitrogens with zero attached hydrogens (tertiary/aromatic N) is 1. The first-order valence-electron chi connectivity index (χ1n) is 6.77. The van der Waals surface area contributed by atoms with Crippen LogP contribution < -0.4 is 9.62 Å². The number of carboxylic acid groups (broad SMARTS) is 1. The fraction of sp³-hybridized carbons (Fsp3) is 0.429. The third-order valence-electron chi connectivity index (χ3n) is 3.57. The van der Waals surface area contributed by atoms with E-state index in [-0.39, 0.29) is 6.04 Å². The summed E-state index contributed by atoms with van der Waals surface area (Å²) in [4.78, 5) is 22.8. The van der Waals surface area contributed by atoms with Gasteiger partial charge in [-0.3, -0.25) is 13.9 Å². The molecule has 0 saturated heterocycles. The first-order valence-corrected chi connectivity index (χ1v) is 8.62. The number of sulfonamides is 1. The summed E-state index contributed by atoms with van der Waals surface area (Å²) in [6.45, 7) is 3.17. The van der Waals surface area contributed by atoms with Gasteiger partial charge in [-0.2, -0.15) is 0 Å². The van der Waals surface area contributed by atoms with Crippen molar-refractivity contribution in [2.24, 2.45) is 0 Å². The number of nitrogens with one attached hydrogen (secondary N) is 1. The molecule has 0 saturated carbocycles. The lowest BCUT2D eigenvalue weighted by Gasteiger charge is -2.22. The van der Waals surface area contributed by atoms with Crippen LogP contribution in [-0.2, 0) is 21.2 Å². The van der Waals surface area contributed by atoms with Crippen LogP contribution in [0.3, 0.4) is 0 Å². The van der Waals surface area contributed by atoms with Crippen molar-refractivity contribution in [3.8, 4) is 0 Å². The molecule has 1 aromatic rings. The summed E-state index contributed by atoms with van der Waals surface area (Å²) in [5.41, 5.74) is 1.64. The lowest BCUT2D eigenvalue weighted by Crippen LogP contribution is -2.38. The lowest BCUT2D eigenvalue weighted by atomic mass is 10.1. The molecule has 0 unspecified atom stereocenters. The van der Waals surface area contributed by atoms with Gasteiger partial charge in [0, 0.05) is 11.6 Å². The summed E-state index contributed by atoms with van der Waals surface area (Å²) in [6, 6.07) is 3.49. The molecule has 0 spiro atoms. The molecule has 2 N–H and O–H groups in total. The quantitative estimate of drug-likeness (QED) is 0.843. The molecule has 0 aliphatic carbocycles. The first kappa shape index (κ1) is 16.3. The Morgan fingerprint density at radius 3 is 2.59 bits per heavy atom. The van der Waals surface area contributed by atoms with E-state index in [9.17, 15) is 18.0 Å². The van der Waals surface area contributed by atoms with Crippen molar-refractivity contribution < 1.29 is 23.1 Å². The van der Waals surface area contributed by atoms with E-state index in [0.29, 0.717) is 17.7 Å². The van der Waals surface area contributed by atoms with Gasteiger partial charge >= 0.3 is 5.97 Å². The van der Waals surface area contributed by atoms with Gasteiger partial charge in [0.05, 0.1) is 11.9 Å². The first-order chi connectivity index (χ1) is 10.1. The molecule has 0 bridgehead atoms. The highest BCUT2D eigenvalue weighted by Gasteiger charge is 2.32. The Hall–Kier alpha value is -2.09. The molecule has 1 heterocycles. The predicted octanol–water partition coefficient (Wildman–Crippen LogP) is 0.600. The van der Waals surface area contributed by atoms with Gasteiger partial charge in [0.15, 0.2) is 0 Å². The fourth-order valence-electron chi connectivity index (χ4n) is 2.59. The molecule has 0 fully saturated rings. The lowest BCUT2D eigenvalue weighted by molar-refractivity contribution is -0.138. The van der Waals surface area contributed by atoms with Crippen molar-refractivity contribution in [3.63, 3.8) is 0 Å². The van der Waals surface area contributed by atoms with Crippen molar-refractivity contribution in [2.75, 3.05) is 10.6 Å². The minimum atomic E-state index is -3.37. The Kier molecular flexibility index (Phi) is 4.15. The monoisotopic (exact) mass is 326 g/mol. The van der Waals surface area contributed by atoms with E-state index in [2.05, 4.69) is 5.32 Å². The van der Waals surface area contributed by atoms with E-state index in [1.807, 2.05) is 0 Å². The molecule has 2 rings (SSSR count). The second kappa shape index (κ2) is 5.60. The summed E-state index contributed by atoms with van der Waals surface area (Å²) < 4.78 is 25.0. The topological polar surface area (TPSA) is 104 Å². The van der Waals surface area contributed by atoms with Crippen molar-refractivity contribution >= 4 is 27.6 Å². The zero-order valence-corrected chi connectivity index (χ0v) is 13.3. The summed E-state index contributed by atoms with van der Waals surface area (Å²) in [5.74, 6) is -1.62. The zero-order chi connectivity index (χ0) is 16.7. The number of anilines is 1. The maximum Gasteiger partial charge on any atom is 0.325 e. The van der Waals surface area contributed by atoms with Gasteiger partial charge in [-0.15, -0.1) is 0 Å². The largest absolute Gasteiger partial charge is 0.480 e. The second-order valence-electron chi connectivity index (χ2n) is 5.49. The van der Waals surface area contributed by atoms with Crippen LogP contribution in [0.2, 0.25) is 0 Å². The second-order valence-corrected chi connectivity index (χ2v) is 7.35. The van der Waals surface area contributed by atoms with Crippen LogP contribution in [0.1, 0.15) is 29.8 Å². The number of amides is 1. The van der Waals surface area contributed by atoms with Crippen LogP contribution in [0.25, 0.3) is 0 Å². The number of benzene rings is 1. The molecular weight excluding hydrogens is 308 g/mol. The van der Waals surface area contributed by atoms with Gasteiger partial charge < -0.3 is 10.4 Å². The number of rotatable bonds is 4. The van der Waals surface area contributed by atoms with E-state index in [0.717, 1.165) is 11.8 Å². The molecule has 2 atom stereocenters. The molecule has 1 aromatic carbocycles. The summed E-state index contributed by atoms with van der Waals surface area (Å²) >= 11 is 0.